The van der Waals surface area contributed by atoms with Crippen molar-refractivity contribution in [2.45, 2.75) is 30.3 Å². The van der Waals surface area contributed by atoms with Crippen LogP contribution in [-0.2, 0) is 16.6 Å². The number of oxazole rings is 1. The second kappa shape index (κ2) is 7.70. The quantitative estimate of drug-likeness (QED) is 0.592. The minimum absolute atomic E-state index is 0.0446. The Labute approximate surface area is 169 Å². The molecule has 1 aliphatic carbocycles. The molecule has 0 atom stereocenters. The molecule has 0 unspecified atom stereocenters. The predicted octanol–water partition coefficient (Wildman–Crippen LogP) is 3.58. The van der Waals surface area contributed by atoms with Gasteiger partial charge in [0, 0.05) is 11.6 Å². The number of aromatic nitrogens is 1. The van der Waals surface area contributed by atoms with Gasteiger partial charge in [-0.1, -0.05) is 0 Å². The van der Waals surface area contributed by atoms with E-state index in [1.807, 2.05) is 30.3 Å². The third-order valence-electron chi connectivity index (χ3n) is 4.75. The van der Waals surface area contributed by atoms with Crippen molar-refractivity contribution in [1.29, 1.82) is 5.26 Å². The zero-order valence-electron chi connectivity index (χ0n) is 15.8. The molecule has 8 heteroatoms. The molecule has 148 valence electrons. The van der Waals surface area contributed by atoms with Crippen LogP contribution in [0.1, 0.15) is 24.1 Å². The summed E-state index contributed by atoms with van der Waals surface area (Å²) in [6, 6.07) is 15.2. The van der Waals surface area contributed by atoms with Crippen LogP contribution in [0, 0.1) is 11.3 Å². The van der Waals surface area contributed by atoms with E-state index in [2.05, 4.69) is 4.98 Å². The van der Waals surface area contributed by atoms with Crippen molar-refractivity contribution in [3.63, 3.8) is 0 Å². The Morgan fingerprint density at radius 1 is 1.17 bits per heavy atom. The van der Waals surface area contributed by atoms with Gasteiger partial charge < -0.3 is 9.15 Å². The number of methoxy groups -OCH3 is 1. The molecule has 0 aliphatic heterocycles. The van der Waals surface area contributed by atoms with E-state index in [-0.39, 0.29) is 17.5 Å². The molecule has 0 N–H and O–H groups in total. The minimum Gasteiger partial charge on any atom is -0.497 e. The summed E-state index contributed by atoms with van der Waals surface area (Å²) < 4.78 is 38.4. The van der Waals surface area contributed by atoms with Crippen LogP contribution >= 0.6 is 0 Å². The lowest BCUT2D eigenvalue weighted by atomic mass is 10.2. The smallest absolute Gasteiger partial charge is 0.243 e. The molecule has 0 spiro atoms. The summed E-state index contributed by atoms with van der Waals surface area (Å²) in [5.41, 5.74) is 1.74. The van der Waals surface area contributed by atoms with E-state index >= 15 is 0 Å². The summed E-state index contributed by atoms with van der Waals surface area (Å²) >= 11 is 0. The van der Waals surface area contributed by atoms with Crippen LogP contribution in [0.3, 0.4) is 0 Å². The van der Waals surface area contributed by atoms with Crippen molar-refractivity contribution >= 4 is 10.0 Å². The summed E-state index contributed by atoms with van der Waals surface area (Å²) in [4.78, 5) is 4.63. The van der Waals surface area contributed by atoms with Crippen LogP contribution in [0.2, 0.25) is 0 Å². The fourth-order valence-corrected chi connectivity index (χ4v) is 4.67. The van der Waals surface area contributed by atoms with Crippen molar-refractivity contribution < 1.29 is 17.6 Å². The normalized spacial score (nSPS) is 14.0. The van der Waals surface area contributed by atoms with E-state index in [1.54, 1.807) is 7.11 Å². The third kappa shape index (κ3) is 4.01. The molecule has 29 heavy (non-hydrogen) atoms. The number of ether oxygens (including phenoxy) is 1. The molecule has 0 amide bonds. The molecule has 1 aliphatic rings. The zero-order chi connectivity index (χ0) is 20.4. The third-order valence-corrected chi connectivity index (χ3v) is 6.66. The van der Waals surface area contributed by atoms with Crippen LogP contribution in [0.25, 0.3) is 11.5 Å². The maximum atomic E-state index is 13.1. The summed E-state index contributed by atoms with van der Waals surface area (Å²) in [5.74, 6) is 1.16. The van der Waals surface area contributed by atoms with E-state index in [9.17, 15) is 8.42 Å². The molecule has 0 saturated heterocycles. The second-order valence-electron chi connectivity index (χ2n) is 6.79. The van der Waals surface area contributed by atoms with Gasteiger partial charge in [0.2, 0.25) is 15.9 Å². The number of hydrogen-bond acceptors (Lipinski definition) is 6. The summed E-state index contributed by atoms with van der Waals surface area (Å²) in [6.07, 6.45) is 3.13. The molecule has 0 radical (unpaired) electrons. The Morgan fingerprint density at radius 3 is 2.45 bits per heavy atom. The van der Waals surface area contributed by atoms with Gasteiger partial charge in [0.1, 0.15) is 12.0 Å². The van der Waals surface area contributed by atoms with E-state index in [4.69, 9.17) is 14.4 Å². The van der Waals surface area contributed by atoms with E-state index in [0.717, 1.165) is 24.2 Å². The largest absolute Gasteiger partial charge is 0.497 e. The van der Waals surface area contributed by atoms with Crippen molar-refractivity contribution in [2.24, 2.45) is 0 Å². The lowest BCUT2D eigenvalue weighted by Crippen LogP contribution is -2.32. The Kier molecular flexibility index (Phi) is 5.09. The second-order valence-corrected chi connectivity index (χ2v) is 8.68. The summed E-state index contributed by atoms with van der Waals surface area (Å²) in [5, 5.41) is 8.92. The SMILES string of the molecule is COc1ccc(-c2nc(CN(C3CC3)S(=O)(=O)c3ccc(C#N)cc3)co2)cc1. The first-order valence-electron chi connectivity index (χ1n) is 9.12. The van der Waals surface area contributed by atoms with Gasteiger partial charge in [-0.05, 0) is 61.4 Å². The van der Waals surface area contributed by atoms with E-state index in [1.165, 1.54) is 34.8 Å². The van der Waals surface area contributed by atoms with Gasteiger partial charge >= 0.3 is 0 Å². The van der Waals surface area contributed by atoms with Crippen molar-refractivity contribution in [3.05, 3.63) is 66.1 Å². The van der Waals surface area contributed by atoms with Gasteiger partial charge in [-0.25, -0.2) is 13.4 Å². The maximum Gasteiger partial charge on any atom is 0.243 e. The highest BCUT2D eigenvalue weighted by molar-refractivity contribution is 7.89. The number of nitrogens with zero attached hydrogens (tertiary/aromatic N) is 3. The first kappa shape index (κ1) is 19.2. The average molecular weight is 409 g/mol. The highest BCUT2D eigenvalue weighted by atomic mass is 32.2. The minimum atomic E-state index is -3.70. The molecule has 4 rings (SSSR count). The standard InChI is InChI=1S/C21H19N3O4S/c1-27-19-8-4-16(5-9-19)21-23-17(14-28-21)13-24(18-6-7-18)29(25,26)20-10-2-15(12-22)3-11-20/h2-5,8-11,14,18H,6-7,13H2,1H3. The summed E-state index contributed by atoms with van der Waals surface area (Å²) in [7, 11) is -2.10. The monoisotopic (exact) mass is 409 g/mol. The van der Waals surface area contributed by atoms with Crippen LogP contribution in [0.4, 0.5) is 0 Å². The molecule has 2 aromatic carbocycles. The van der Waals surface area contributed by atoms with Crippen molar-refractivity contribution in [3.8, 4) is 23.3 Å². The number of benzene rings is 2. The number of sulfonamides is 1. The number of rotatable bonds is 7. The van der Waals surface area contributed by atoms with Crippen LogP contribution in [0.5, 0.6) is 5.75 Å². The van der Waals surface area contributed by atoms with Gasteiger partial charge in [0.25, 0.3) is 0 Å². The van der Waals surface area contributed by atoms with Gasteiger partial charge in [0.15, 0.2) is 0 Å². The fourth-order valence-electron chi connectivity index (χ4n) is 3.02. The topological polar surface area (TPSA) is 96.4 Å². The van der Waals surface area contributed by atoms with Crippen molar-refractivity contribution in [2.75, 3.05) is 7.11 Å². The highest BCUT2D eigenvalue weighted by Gasteiger charge is 2.38. The van der Waals surface area contributed by atoms with Gasteiger partial charge in [-0.15, -0.1) is 0 Å². The number of hydrogen-bond donors (Lipinski definition) is 0. The lowest BCUT2D eigenvalue weighted by Gasteiger charge is -2.20. The van der Waals surface area contributed by atoms with Gasteiger partial charge in [-0.2, -0.15) is 9.57 Å². The summed E-state index contributed by atoms with van der Waals surface area (Å²) in [6.45, 7) is 0.132. The Hall–Kier alpha value is -3.15. The molecule has 3 aromatic rings. The Balaban J connectivity index is 1.57. The maximum absolute atomic E-state index is 13.1. The molecule has 1 aromatic heterocycles. The first-order chi connectivity index (χ1) is 14.0. The average Bonchev–Trinajstić information content (AvgIpc) is 3.49. The lowest BCUT2D eigenvalue weighted by molar-refractivity contribution is 0.394. The number of nitriles is 1. The predicted molar refractivity (Wildman–Crippen MR) is 105 cm³/mol. The first-order valence-corrected chi connectivity index (χ1v) is 10.6. The molecule has 7 nitrogen and oxygen atoms in total. The van der Waals surface area contributed by atoms with E-state index in [0.29, 0.717) is 17.1 Å². The fraction of sp³-hybridized carbons (Fsp3) is 0.238. The van der Waals surface area contributed by atoms with Gasteiger partial charge in [0.05, 0.1) is 35.9 Å². The molecule has 0 bridgehead atoms. The Bertz CT molecular complexity index is 1140. The molecular weight excluding hydrogens is 390 g/mol. The molecule has 1 fully saturated rings. The Morgan fingerprint density at radius 2 is 1.86 bits per heavy atom. The highest BCUT2D eigenvalue weighted by Crippen LogP contribution is 2.34. The van der Waals surface area contributed by atoms with Crippen molar-refractivity contribution in [1.82, 2.24) is 9.29 Å². The van der Waals surface area contributed by atoms with Crippen LogP contribution in [0.15, 0.2) is 64.1 Å². The molecular formula is C21H19N3O4S. The van der Waals surface area contributed by atoms with E-state index < -0.39 is 10.0 Å². The van der Waals surface area contributed by atoms with Crippen LogP contribution in [-0.4, -0.2) is 30.9 Å². The zero-order valence-corrected chi connectivity index (χ0v) is 16.6. The van der Waals surface area contributed by atoms with Gasteiger partial charge in [-0.3, -0.25) is 0 Å². The molecule has 1 saturated carbocycles. The van der Waals surface area contributed by atoms with Crippen LogP contribution < -0.4 is 4.74 Å². The molecule has 1 heterocycles.